The van der Waals surface area contributed by atoms with Crippen LogP contribution in [0, 0.1) is 0 Å². The van der Waals surface area contributed by atoms with E-state index in [0.29, 0.717) is 6.20 Å². The van der Waals surface area contributed by atoms with Crippen molar-refractivity contribution in [1.82, 2.24) is 4.98 Å². The molecule has 1 heterocycles. The van der Waals surface area contributed by atoms with Crippen molar-refractivity contribution in [2.24, 2.45) is 0 Å². The number of halogens is 8. The second kappa shape index (κ2) is 5.76. The van der Waals surface area contributed by atoms with Gasteiger partial charge in [0.25, 0.3) is 5.24 Å². The second-order valence-corrected chi connectivity index (χ2v) is 4.19. The van der Waals surface area contributed by atoms with Gasteiger partial charge < -0.3 is 4.74 Å². The van der Waals surface area contributed by atoms with Gasteiger partial charge in [-0.15, -0.1) is 13.2 Å². The highest BCUT2D eigenvalue weighted by Crippen LogP contribution is 2.41. The third-order valence-corrected chi connectivity index (χ3v) is 2.73. The summed E-state index contributed by atoms with van der Waals surface area (Å²) in [5.74, 6) is -1.60. The third-order valence-electron chi connectivity index (χ3n) is 1.97. The van der Waals surface area contributed by atoms with Crippen molar-refractivity contribution in [3.8, 4) is 5.75 Å². The Balaban J connectivity index is 3.60. The summed E-state index contributed by atoms with van der Waals surface area (Å²) in [6.07, 6.45) is -10.1. The van der Waals surface area contributed by atoms with E-state index in [1.807, 2.05) is 0 Å². The molecule has 0 aliphatic heterocycles. The molecule has 0 fully saturated rings. The number of rotatable bonds is 3. The molecule has 0 atom stereocenters. The molecule has 3 nitrogen and oxygen atoms in total. The Morgan fingerprint density at radius 3 is 2.20 bits per heavy atom. The van der Waals surface area contributed by atoms with Crippen molar-refractivity contribution < 1.29 is 35.9 Å². The molecule has 0 aliphatic carbocycles. The lowest BCUT2D eigenvalue weighted by Gasteiger charge is -2.18. The first-order valence-electron chi connectivity index (χ1n) is 4.58. The molecule has 0 amide bonds. The van der Waals surface area contributed by atoms with Crippen LogP contribution in [0.25, 0.3) is 0 Å². The third kappa shape index (κ3) is 3.98. The van der Waals surface area contributed by atoms with E-state index in [-0.39, 0.29) is 0 Å². The molecular formula is C9H3BrClF6NO2. The Morgan fingerprint density at radius 2 is 1.85 bits per heavy atom. The van der Waals surface area contributed by atoms with Gasteiger partial charge >= 0.3 is 12.5 Å². The smallest absolute Gasteiger partial charge is 0.403 e. The standard InChI is InChI=1S/C9H3BrClF6NO2/c10-1-3-4(7(11)19)2-18-6(8(12,13)14)5(3)20-9(15,16)17/h2H,1H2. The number of hydrogen-bond donors (Lipinski definition) is 0. The van der Waals surface area contributed by atoms with Crippen molar-refractivity contribution in [3.05, 3.63) is 23.0 Å². The van der Waals surface area contributed by atoms with Crippen molar-refractivity contribution in [2.75, 3.05) is 0 Å². The Morgan fingerprint density at radius 1 is 1.30 bits per heavy atom. The zero-order chi connectivity index (χ0) is 15.7. The van der Waals surface area contributed by atoms with Gasteiger partial charge in [0.15, 0.2) is 11.4 Å². The molecule has 0 unspecified atom stereocenters. The molecule has 1 aromatic rings. The number of hydrogen-bond acceptors (Lipinski definition) is 3. The van der Waals surface area contributed by atoms with Crippen LogP contribution in [0.1, 0.15) is 21.6 Å². The topological polar surface area (TPSA) is 39.2 Å². The molecule has 1 rings (SSSR count). The van der Waals surface area contributed by atoms with E-state index >= 15 is 0 Å². The van der Waals surface area contributed by atoms with Crippen molar-refractivity contribution in [3.63, 3.8) is 0 Å². The van der Waals surface area contributed by atoms with E-state index in [2.05, 4.69) is 25.7 Å². The minimum atomic E-state index is -5.38. The largest absolute Gasteiger partial charge is 0.573 e. The maximum absolute atomic E-state index is 12.6. The number of aromatic nitrogens is 1. The normalized spacial score (nSPS) is 12.4. The van der Waals surface area contributed by atoms with Crippen LogP contribution in [-0.2, 0) is 11.5 Å². The van der Waals surface area contributed by atoms with E-state index in [1.54, 1.807) is 0 Å². The molecule has 0 aliphatic rings. The van der Waals surface area contributed by atoms with Crippen LogP contribution in [0.4, 0.5) is 26.3 Å². The van der Waals surface area contributed by atoms with E-state index in [1.165, 1.54) is 0 Å². The van der Waals surface area contributed by atoms with Gasteiger partial charge in [-0.2, -0.15) is 13.2 Å². The molecule has 1 aromatic heterocycles. The molecule has 0 aromatic carbocycles. The molecule has 112 valence electrons. The highest BCUT2D eigenvalue weighted by Gasteiger charge is 2.43. The Kier molecular flexibility index (Phi) is 4.90. The van der Waals surface area contributed by atoms with E-state index in [0.717, 1.165) is 0 Å². The molecular weight excluding hydrogens is 383 g/mol. The van der Waals surface area contributed by atoms with Gasteiger partial charge in [0.2, 0.25) is 0 Å². The fourth-order valence-electron chi connectivity index (χ4n) is 1.26. The lowest BCUT2D eigenvalue weighted by atomic mass is 10.1. The highest BCUT2D eigenvalue weighted by molar-refractivity contribution is 9.08. The summed E-state index contributed by atoms with van der Waals surface area (Å²) in [7, 11) is 0. The lowest BCUT2D eigenvalue weighted by molar-refractivity contribution is -0.276. The van der Waals surface area contributed by atoms with Crippen LogP contribution in [-0.4, -0.2) is 16.6 Å². The highest BCUT2D eigenvalue weighted by atomic mass is 79.9. The predicted molar refractivity (Wildman–Crippen MR) is 58.7 cm³/mol. The minimum absolute atomic E-state index is 0.442. The number of carbonyl (C=O) groups excluding carboxylic acids is 1. The van der Waals surface area contributed by atoms with Crippen molar-refractivity contribution in [1.29, 1.82) is 0 Å². The summed E-state index contributed by atoms with van der Waals surface area (Å²) in [4.78, 5) is 13.8. The monoisotopic (exact) mass is 385 g/mol. The van der Waals surface area contributed by atoms with E-state index in [4.69, 9.17) is 11.6 Å². The molecule has 11 heteroatoms. The zero-order valence-corrected chi connectivity index (χ0v) is 11.4. The zero-order valence-electron chi connectivity index (χ0n) is 9.07. The molecule has 0 saturated heterocycles. The SMILES string of the molecule is O=C(Cl)c1cnc(C(F)(F)F)c(OC(F)(F)F)c1CBr. The van der Waals surface area contributed by atoms with Gasteiger partial charge in [-0.25, -0.2) is 4.98 Å². The first-order chi connectivity index (χ1) is 8.97. The van der Waals surface area contributed by atoms with Gasteiger partial charge in [-0.05, 0) is 11.6 Å². The van der Waals surface area contributed by atoms with Crippen LogP contribution in [0.15, 0.2) is 6.20 Å². The Labute approximate surface area is 121 Å². The van der Waals surface area contributed by atoms with Gasteiger partial charge in [0.05, 0.1) is 5.56 Å². The van der Waals surface area contributed by atoms with Gasteiger partial charge in [0, 0.05) is 17.1 Å². The summed E-state index contributed by atoms with van der Waals surface area (Å²) >= 11 is 7.76. The predicted octanol–water partition coefficient (Wildman–Crippen LogP) is 4.27. The fraction of sp³-hybridized carbons (Fsp3) is 0.333. The van der Waals surface area contributed by atoms with Crippen LogP contribution in [0.5, 0.6) is 5.75 Å². The molecule has 0 radical (unpaired) electrons. The number of nitrogens with zero attached hydrogens (tertiary/aromatic N) is 1. The number of ether oxygens (including phenoxy) is 1. The first kappa shape index (κ1) is 17.0. The minimum Gasteiger partial charge on any atom is -0.403 e. The summed E-state index contributed by atoms with van der Waals surface area (Å²) < 4.78 is 77.9. The van der Waals surface area contributed by atoms with Gasteiger partial charge in [-0.1, -0.05) is 15.9 Å². The maximum atomic E-state index is 12.6. The summed E-state index contributed by atoms with van der Waals surface area (Å²) in [6, 6.07) is 0. The molecule has 0 saturated carbocycles. The van der Waals surface area contributed by atoms with Gasteiger partial charge in [-0.3, -0.25) is 4.79 Å². The van der Waals surface area contributed by atoms with Gasteiger partial charge in [0.1, 0.15) is 0 Å². The van der Waals surface area contributed by atoms with Crippen molar-refractivity contribution >= 4 is 32.8 Å². The van der Waals surface area contributed by atoms with Crippen LogP contribution < -0.4 is 4.74 Å². The summed E-state index contributed by atoms with van der Waals surface area (Å²) in [5, 5.41) is -1.77. The summed E-state index contributed by atoms with van der Waals surface area (Å²) in [6.45, 7) is 0. The molecule has 0 N–H and O–H groups in total. The van der Waals surface area contributed by atoms with E-state index < -0.39 is 45.7 Å². The summed E-state index contributed by atoms with van der Waals surface area (Å²) in [5.41, 5.74) is -3.20. The number of pyridine rings is 1. The van der Waals surface area contributed by atoms with E-state index in [9.17, 15) is 31.1 Å². The van der Waals surface area contributed by atoms with Crippen LogP contribution in [0.2, 0.25) is 0 Å². The molecule has 0 spiro atoms. The maximum Gasteiger partial charge on any atom is 0.573 e. The molecule has 0 bridgehead atoms. The van der Waals surface area contributed by atoms with Crippen LogP contribution >= 0.6 is 27.5 Å². The fourth-order valence-corrected chi connectivity index (χ4v) is 1.98. The second-order valence-electron chi connectivity index (χ2n) is 3.28. The number of carbonyl (C=O) groups is 1. The average molecular weight is 386 g/mol. The Bertz CT molecular complexity index is 530. The lowest BCUT2D eigenvalue weighted by Crippen LogP contribution is -2.23. The number of alkyl halides is 7. The molecule has 20 heavy (non-hydrogen) atoms. The quantitative estimate of drug-likeness (QED) is 0.442. The Hall–Kier alpha value is -1.03. The average Bonchev–Trinajstić information content (AvgIpc) is 2.24. The van der Waals surface area contributed by atoms with Crippen molar-refractivity contribution in [2.45, 2.75) is 17.9 Å². The first-order valence-corrected chi connectivity index (χ1v) is 6.08. The van der Waals surface area contributed by atoms with Crippen LogP contribution in [0.3, 0.4) is 0 Å².